The Morgan fingerprint density at radius 1 is 1.56 bits per heavy atom. The number of methoxy groups -OCH3 is 1. The fourth-order valence-electron chi connectivity index (χ4n) is 2.15. The van der Waals surface area contributed by atoms with E-state index in [2.05, 4.69) is 5.32 Å². The summed E-state index contributed by atoms with van der Waals surface area (Å²) in [4.78, 5) is 11.0. The first-order chi connectivity index (χ1) is 7.51. The average molecular weight is 231 g/mol. The first-order valence-corrected chi connectivity index (χ1v) is 5.64. The predicted molar refractivity (Wildman–Crippen MR) is 58.7 cm³/mol. The molecule has 1 saturated heterocycles. The zero-order valence-electron chi connectivity index (χ0n) is 10.3. The lowest BCUT2D eigenvalue weighted by Crippen LogP contribution is -2.60. The number of rotatable bonds is 3. The first-order valence-electron chi connectivity index (χ1n) is 5.64. The molecule has 1 aliphatic rings. The van der Waals surface area contributed by atoms with Crippen LogP contribution in [0.3, 0.4) is 0 Å². The number of carbonyl (C=O) groups is 1. The van der Waals surface area contributed by atoms with Gasteiger partial charge in [-0.2, -0.15) is 0 Å². The summed E-state index contributed by atoms with van der Waals surface area (Å²) < 4.78 is 10.8. The van der Waals surface area contributed by atoms with Gasteiger partial charge in [0, 0.05) is 20.0 Å². The highest BCUT2D eigenvalue weighted by atomic mass is 16.7. The van der Waals surface area contributed by atoms with Crippen molar-refractivity contribution < 1.29 is 19.4 Å². The molecule has 16 heavy (non-hydrogen) atoms. The molecule has 0 bridgehead atoms. The normalized spacial score (nSPS) is 39.4. The quantitative estimate of drug-likeness (QED) is 0.731. The number of carbonyl (C=O) groups excluding carboxylic acids is 1. The van der Waals surface area contributed by atoms with Crippen molar-refractivity contribution >= 4 is 5.91 Å². The highest BCUT2D eigenvalue weighted by Crippen LogP contribution is 2.27. The van der Waals surface area contributed by atoms with Crippen molar-refractivity contribution in [3.05, 3.63) is 0 Å². The van der Waals surface area contributed by atoms with E-state index in [-0.39, 0.29) is 17.9 Å². The molecule has 0 radical (unpaired) electrons. The lowest BCUT2D eigenvalue weighted by Gasteiger charge is -2.43. The van der Waals surface area contributed by atoms with Crippen LogP contribution >= 0.6 is 0 Å². The van der Waals surface area contributed by atoms with E-state index in [1.165, 1.54) is 14.0 Å². The zero-order chi connectivity index (χ0) is 12.3. The SMILES string of the molecule is CCC1OC(OC)C(NC(C)=O)[C@@H](O)C1C. The van der Waals surface area contributed by atoms with Gasteiger partial charge < -0.3 is 19.9 Å². The van der Waals surface area contributed by atoms with Crippen LogP contribution in [-0.4, -0.2) is 42.7 Å². The summed E-state index contributed by atoms with van der Waals surface area (Å²) in [6.07, 6.45) is -0.456. The number of aliphatic hydroxyl groups excluding tert-OH is 1. The van der Waals surface area contributed by atoms with Gasteiger partial charge in [0.1, 0.15) is 6.04 Å². The maximum Gasteiger partial charge on any atom is 0.217 e. The van der Waals surface area contributed by atoms with Crippen LogP contribution in [0.5, 0.6) is 0 Å². The van der Waals surface area contributed by atoms with Crippen LogP contribution in [0, 0.1) is 5.92 Å². The van der Waals surface area contributed by atoms with Crippen LogP contribution in [0.1, 0.15) is 27.2 Å². The smallest absolute Gasteiger partial charge is 0.217 e. The van der Waals surface area contributed by atoms with E-state index in [9.17, 15) is 9.90 Å². The number of hydrogen-bond acceptors (Lipinski definition) is 4. The summed E-state index contributed by atoms with van der Waals surface area (Å²) in [6.45, 7) is 5.33. The second-order valence-corrected chi connectivity index (χ2v) is 4.26. The summed E-state index contributed by atoms with van der Waals surface area (Å²) in [7, 11) is 1.51. The molecule has 1 aliphatic heterocycles. The first kappa shape index (κ1) is 13.4. The third-order valence-electron chi connectivity index (χ3n) is 3.10. The highest BCUT2D eigenvalue weighted by molar-refractivity contribution is 5.73. The lowest BCUT2D eigenvalue weighted by atomic mass is 9.88. The molecule has 0 aromatic carbocycles. The molecule has 5 heteroatoms. The third-order valence-corrected chi connectivity index (χ3v) is 3.10. The van der Waals surface area contributed by atoms with Crippen molar-refractivity contribution in [3.8, 4) is 0 Å². The van der Waals surface area contributed by atoms with Gasteiger partial charge in [0.05, 0.1) is 12.2 Å². The molecule has 1 fully saturated rings. The van der Waals surface area contributed by atoms with Gasteiger partial charge in [0.2, 0.25) is 5.91 Å². The maximum atomic E-state index is 11.0. The van der Waals surface area contributed by atoms with Crippen LogP contribution in [0.25, 0.3) is 0 Å². The summed E-state index contributed by atoms with van der Waals surface area (Å²) in [6, 6.07) is -0.500. The van der Waals surface area contributed by atoms with E-state index in [4.69, 9.17) is 9.47 Å². The fourth-order valence-corrected chi connectivity index (χ4v) is 2.15. The van der Waals surface area contributed by atoms with Gasteiger partial charge in [-0.25, -0.2) is 0 Å². The number of amides is 1. The summed E-state index contributed by atoms with van der Waals surface area (Å²) in [5.74, 6) is -0.218. The van der Waals surface area contributed by atoms with Crippen molar-refractivity contribution in [2.24, 2.45) is 5.92 Å². The second-order valence-electron chi connectivity index (χ2n) is 4.26. The molecule has 2 N–H and O–H groups in total. The number of nitrogens with one attached hydrogen (secondary N) is 1. The molecule has 0 aromatic heterocycles. The minimum Gasteiger partial charge on any atom is -0.390 e. The largest absolute Gasteiger partial charge is 0.390 e. The molecule has 1 amide bonds. The Kier molecular flexibility index (Phi) is 4.70. The summed E-state index contributed by atoms with van der Waals surface area (Å²) >= 11 is 0. The Morgan fingerprint density at radius 3 is 2.62 bits per heavy atom. The minimum absolute atomic E-state index is 0.0201. The van der Waals surface area contributed by atoms with Gasteiger partial charge in [-0.3, -0.25) is 4.79 Å². The van der Waals surface area contributed by atoms with E-state index in [1.54, 1.807) is 0 Å². The number of ether oxygens (including phenoxy) is 2. The minimum atomic E-state index is -0.646. The molecule has 1 rings (SSSR count). The molecule has 0 aromatic rings. The molecule has 0 saturated carbocycles. The van der Waals surface area contributed by atoms with E-state index < -0.39 is 18.4 Å². The van der Waals surface area contributed by atoms with Crippen LogP contribution in [0.15, 0.2) is 0 Å². The molecule has 0 aliphatic carbocycles. The van der Waals surface area contributed by atoms with E-state index in [1.807, 2.05) is 13.8 Å². The molecular formula is C11H21NO4. The predicted octanol–water partition coefficient (Wildman–Crippen LogP) is 0.269. The molecule has 0 spiro atoms. The van der Waals surface area contributed by atoms with Gasteiger partial charge in [0.25, 0.3) is 0 Å². The van der Waals surface area contributed by atoms with E-state index >= 15 is 0 Å². The van der Waals surface area contributed by atoms with Gasteiger partial charge in [-0.15, -0.1) is 0 Å². The van der Waals surface area contributed by atoms with Gasteiger partial charge in [-0.1, -0.05) is 13.8 Å². The Balaban J connectivity index is 2.77. The molecular weight excluding hydrogens is 210 g/mol. The topological polar surface area (TPSA) is 67.8 Å². The maximum absolute atomic E-state index is 11.0. The van der Waals surface area contributed by atoms with Crippen molar-refractivity contribution in [3.63, 3.8) is 0 Å². The molecule has 94 valence electrons. The van der Waals surface area contributed by atoms with Crippen LogP contribution in [-0.2, 0) is 14.3 Å². The summed E-state index contributed by atoms with van der Waals surface area (Å²) in [5, 5.41) is 12.8. The molecule has 1 heterocycles. The fraction of sp³-hybridized carbons (Fsp3) is 0.909. The molecule has 5 atom stereocenters. The van der Waals surface area contributed by atoms with Crippen molar-refractivity contribution in [2.45, 2.75) is 51.7 Å². The third kappa shape index (κ3) is 2.72. The van der Waals surface area contributed by atoms with E-state index in [0.29, 0.717) is 0 Å². The molecule has 5 nitrogen and oxygen atoms in total. The van der Waals surface area contributed by atoms with Crippen LogP contribution < -0.4 is 5.32 Å². The van der Waals surface area contributed by atoms with Crippen LogP contribution in [0.2, 0.25) is 0 Å². The Morgan fingerprint density at radius 2 is 2.19 bits per heavy atom. The summed E-state index contributed by atoms with van der Waals surface area (Å²) in [5.41, 5.74) is 0. The monoisotopic (exact) mass is 231 g/mol. The van der Waals surface area contributed by atoms with E-state index in [0.717, 1.165) is 6.42 Å². The standard InChI is InChI=1S/C11H21NO4/c1-5-8-6(2)10(14)9(12-7(3)13)11(15-4)16-8/h6,8-11,14H,5H2,1-4H3,(H,12,13)/t6?,8?,9?,10-,11?/m0/s1. The van der Waals surface area contributed by atoms with Gasteiger partial charge >= 0.3 is 0 Å². The number of hydrogen-bond donors (Lipinski definition) is 2. The zero-order valence-corrected chi connectivity index (χ0v) is 10.3. The van der Waals surface area contributed by atoms with Crippen molar-refractivity contribution in [2.75, 3.05) is 7.11 Å². The Hall–Kier alpha value is -0.650. The van der Waals surface area contributed by atoms with Crippen molar-refractivity contribution in [1.29, 1.82) is 0 Å². The van der Waals surface area contributed by atoms with Crippen molar-refractivity contribution in [1.82, 2.24) is 5.32 Å². The average Bonchev–Trinajstić information content (AvgIpc) is 2.25. The second kappa shape index (κ2) is 5.61. The van der Waals surface area contributed by atoms with Gasteiger partial charge in [0.15, 0.2) is 6.29 Å². The molecule has 4 unspecified atom stereocenters. The number of aliphatic hydroxyl groups is 1. The van der Waals surface area contributed by atoms with Gasteiger partial charge in [-0.05, 0) is 6.42 Å². The lowest BCUT2D eigenvalue weighted by molar-refractivity contribution is -0.239. The Labute approximate surface area is 96.1 Å². The van der Waals surface area contributed by atoms with Crippen LogP contribution in [0.4, 0.5) is 0 Å². The highest BCUT2D eigenvalue weighted by Gasteiger charge is 2.42. The Bertz CT molecular complexity index is 244.